The SMILES string of the molecule is Cc1ccc2c(c1)c1ccccc1n2-c1cc(-c2cccc(-c3ccc4oc5ccccc5c4c3)c2)cc(-n2c3ccccc3c3cc(C#N)ccc32)c1. The molecular weight excluding hydrogens is 659 g/mol. The van der Waals surface area contributed by atoms with E-state index in [-0.39, 0.29) is 0 Å². The summed E-state index contributed by atoms with van der Waals surface area (Å²) >= 11 is 0. The van der Waals surface area contributed by atoms with E-state index in [9.17, 15) is 5.26 Å². The Balaban J connectivity index is 1.18. The third-order valence-corrected chi connectivity index (χ3v) is 11.0. The minimum Gasteiger partial charge on any atom is -0.456 e. The quantitative estimate of drug-likeness (QED) is 0.185. The van der Waals surface area contributed by atoms with E-state index in [2.05, 4.69) is 168 Å². The predicted molar refractivity (Wildman–Crippen MR) is 223 cm³/mol. The lowest BCUT2D eigenvalue weighted by molar-refractivity contribution is 0.669. The molecule has 0 aliphatic carbocycles. The van der Waals surface area contributed by atoms with Crippen molar-refractivity contribution in [1.82, 2.24) is 9.13 Å². The van der Waals surface area contributed by atoms with E-state index in [0.29, 0.717) is 5.56 Å². The highest BCUT2D eigenvalue weighted by Crippen LogP contribution is 2.39. The Morgan fingerprint density at radius 2 is 0.981 bits per heavy atom. The van der Waals surface area contributed by atoms with Crippen LogP contribution in [-0.2, 0) is 0 Å². The largest absolute Gasteiger partial charge is 0.456 e. The number of fused-ring (bicyclic) bond motifs is 9. The highest BCUT2D eigenvalue weighted by Gasteiger charge is 2.18. The summed E-state index contributed by atoms with van der Waals surface area (Å²) < 4.78 is 10.9. The predicted octanol–water partition coefficient (Wildman–Crippen LogP) is 13.3. The second kappa shape index (κ2) is 11.6. The number of benzene rings is 8. The van der Waals surface area contributed by atoms with Gasteiger partial charge >= 0.3 is 0 Å². The van der Waals surface area contributed by atoms with Gasteiger partial charge in [0.1, 0.15) is 11.2 Å². The molecule has 0 aliphatic heterocycles. The molecule has 0 bridgehead atoms. The first-order valence-electron chi connectivity index (χ1n) is 18.2. The Morgan fingerprint density at radius 1 is 0.407 bits per heavy atom. The molecule has 0 atom stereocenters. The molecule has 8 aromatic carbocycles. The highest BCUT2D eigenvalue weighted by molar-refractivity contribution is 6.11. The Bertz CT molecular complexity index is 3370. The number of nitrogens with zero attached hydrogens (tertiary/aromatic N) is 3. The van der Waals surface area contributed by atoms with E-state index in [4.69, 9.17) is 4.42 Å². The van der Waals surface area contributed by atoms with Crippen LogP contribution in [0.4, 0.5) is 0 Å². The lowest BCUT2D eigenvalue weighted by atomic mass is 9.97. The summed E-state index contributed by atoms with van der Waals surface area (Å²) in [5.41, 5.74) is 14.8. The number of hydrogen-bond acceptors (Lipinski definition) is 2. The molecule has 3 heterocycles. The topological polar surface area (TPSA) is 46.8 Å². The van der Waals surface area contributed by atoms with Crippen LogP contribution in [0.5, 0.6) is 0 Å². The molecule has 0 N–H and O–H groups in total. The monoisotopic (exact) mass is 689 g/mol. The lowest BCUT2D eigenvalue weighted by Crippen LogP contribution is -2.00. The number of nitriles is 1. The van der Waals surface area contributed by atoms with E-state index >= 15 is 0 Å². The van der Waals surface area contributed by atoms with Gasteiger partial charge in [0, 0.05) is 43.7 Å². The summed E-state index contributed by atoms with van der Waals surface area (Å²) in [7, 11) is 0. The molecule has 3 aromatic heterocycles. The van der Waals surface area contributed by atoms with Crippen molar-refractivity contribution in [2.24, 2.45) is 0 Å². The van der Waals surface area contributed by atoms with Gasteiger partial charge in [0.05, 0.1) is 33.7 Å². The average molecular weight is 690 g/mol. The van der Waals surface area contributed by atoms with Crippen molar-refractivity contribution in [2.45, 2.75) is 6.92 Å². The summed E-state index contributed by atoms with van der Waals surface area (Å²) in [6.45, 7) is 2.16. The molecule has 0 aliphatic rings. The van der Waals surface area contributed by atoms with Gasteiger partial charge in [0.15, 0.2) is 0 Å². The summed E-state index contributed by atoms with van der Waals surface area (Å²) in [4.78, 5) is 0. The van der Waals surface area contributed by atoms with Gasteiger partial charge in [-0.1, -0.05) is 90.5 Å². The van der Waals surface area contributed by atoms with E-state index < -0.39 is 0 Å². The summed E-state index contributed by atoms with van der Waals surface area (Å²) in [5, 5.41) is 16.7. The summed E-state index contributed by atoms with van der Waals surface area (Å²) in [6, 6.07) is 62.8. The maximum absolute atomic E-state index is 9.82. The van der Waals surface area contributed by atoms with Crippen LogP contribution in [0.15, 0.2) is 174 Å². The molecule has 0 spiro atoms. The Kier molecular flexibility index (Phi) is 6.50. The van der Waals surface area contributed by atoms with Crippen molar-refractivity contribution in [1.29, 1.82) is 5.26 Å². The summed E-state index contributed by atoms with van der Waals surface area (Å²) in [5.74, 6) is 0. The third-order valence-electron chi connectivity index (χ3n) is 11.0. The zero-order valence-corrected chi connectivity index (χ0v) is 29.4. The van der Waals surface area contributed by atoms with Crippen LogP contribution in [0.3, 0.4) is 0 Å². The van der Waals surface area contributed by atoms with E-state index in [1.807, 2.05) is 24.3 Å². The minimum absolute atomic E-state index is 0.652. The van der Waals surface area contributed by atoms with Crippen molar-refractivity contribution >= 4 is 65.6 Å². The van der Waals surface area contributed by atoms with Gasteiger partial charge in [-0.25, -0.2) is 0 Å². The molecule has 11 rings (SSSR count). The van der Waals surface area contributed by atoms with Gasteiger partial charge in [0.25, 0.3) is 0 Å². The molecule has 252 valence electrons. The number of aryl methyl sites for hydroxylation is 1. The molecule has 0 radical (unpaired) electrons. The van der Waals surface area contributed by atoms with Crippen LogP contribution in [0, 0.1) is 18.3 Å². The molecule has 0 amide bonds. The van der Waals surface area contributed by atoms with Crippen molar-refractivity contribution in [3.05, 3.63) is 181 Å². The average Bonchev–Trinajstić information content (AvgIpc) is 3.87. The Morgan fingerprint density at radius 3 is 1.70 bits per heavy atom. The molecule has 0 saturated carbocycles. The molecular formula is C50H31N3O. The third kappa shape index (κ3) is 4.56. The molecule has 0 unspecified atom stereocenters. The van der Waals surface area contributed by atoms with E-state index in [0.717, 1.165) is 82.9 Å². The number of aromatic nitrogens is 2. The molecule has 4 nitrogen and oxygen atoms in total. The van der Waals surface area contributed by atoms with Gasteiger partial charge < -0.3 is 13.6 Å². The van der Waals surface area contributed by atoms with Crippen LogP contribution >= 0.6 is 0 Å². The zero-order valence-electron chi connectivity index (χ0n) is 29.4. The first-order chi connectivity index (χ1) is 26.6. The van der Waals surface area contributed by atoms with Crippen LogP contribution in [-0.4, -0.2) is 9.13 Å². The fourth-order valence-electron chi connectivity index (χ4n) is 8.49. The minimum atomic E-state index is 0.652. The number of hydrogen-bond donors (Lipinski definition) is 0. The van der Waals surface area contributed by atoms with Crippen molar-refractivity contribution < 1.29 is 4.42 Å². The first-order valence-corrected chi connectivity index (χ1v) is 18.2. The van der Waals surface area contributed by atoms with Gasteiger partial charge in [-0.05, 0) is 114 Å². The number of para-hydroxylation sites is 3. The Hall–Kier alpha value is -7.35. The van der Waals surface area contributed by atoms with Crippen LogP contribution < -0.4 is 0 Å². The normalized spacial score (nSPS) is 11.8. The molecule has 0 saturated heterocycles. The van der Waals surface area contributed by atoms with Crippen molar-refractivity contribution in [3.8, 4) is 39.7 Å². The lowest BCUT2D eigenvalue weighted by Gasteiger charge is -2.16. The van der Waals surface area contributed by atoms with Crippen LogP contribution in [0.25, 0.3) is 99.2 Å². The highest BCUT2D eigenvalue weighted by atomic mass is 16.3. The van der Waals surface area contributed by atoms with Gasteiger partial charge in [-0.3, -0.25) is 0 Å². The first kappa shape index (κ1) is 30.3. The van der Waals surface area contributed by atoms with E-state index in [1.165, 1.54) is 21.9 Å². The van der Waals surface area contributed by atoms with E-state index in [1.54, 1.807) is 0 Å². The molecule has 0 fully saturated rings. The zero-order chi connectivity index (χ0) is 35.9. The standard InChI is InChI=1S/C50H31N3O/c1-31-17-20-47-42(23-31)39-11-2-5-14-45(39)52(47)37-26-36(27-38(29-37)53-46-15-6-3-12-40(46)43-24-32(30-51)18-21-48(43)53)34-10-8-9-33(25-34)35-19-22-50-44(28-35)41-13-4-7-16-49(41)54-50/h2-29H,1H3. The second-order valence-electron chi connectivity index (χ2n) is 14.2. The van der Waals surface area contributed by atoms with Crippen LogP contribution in [0.2, 0.25) is 0 Å². The van der Waals surface area contributed by atoms with Crippen molar-refractivity contribution in [2.75, 3.05) is 0 Å². The van der Waals surface area contributed by atoms with Gasteiger partial charge in [-0.2, -0.15) is 5.26 Å². The number of furan rings is 1. The maximum atomic E-state index is 9.82. The Labute approximate surface area is 311 Å². The fourth-order valence-corrected chi connectivity index (χ4v) is 8.49. The smallest absolute Gasteiger partial charge is 0.135 e. The van der Waals surface area contributed by atoms with Crippen molar-refractivity contribution in [3.63, 3.8) is 0 Å². The van der Waals surface area contributed by atoms with Gasteiger partial charge in [0.2, 0.25) is 0 Å². The molecule has 54 heavy (non-hydrogen) atoms. The second-order valence-corrected chi connectivity index (χ2v) is 14.2. The molecule has 4 heteroatoms. The molecule has 11 aromatic rings. The van der Waals surface area contributed by atoms with Gasteiger partial charge in [-0.15, -0.1) is 0 Å². The van der Waals surface area contributed by atoms with Crippen LogP contribution in [0.1, 0.15) is 11.1 Å². The maximum Gasteiger partial charge on any atom is 0.135 e. The summed E-state index contributed by atoms with van der Waals surface area (Å²) in [6.07, 6.45) is 0. The fraction of sp³-hybridized carbons (Fsp3) is 0.0200. The number of rotatable bonds is 4.